The van der Waals surface area contributed by atoms with E-state index in [1.807, 2.05) is 11.8 Å². The number of rotatable bonds is 5. The average Bonchev–Trinajstić information content (AvgIpc) is 3.22. The molecule has 0 unspecified atom stereocenters. The van der Waals surface area contributed by atoms with Crippen LogP contribution in [0, 0.1) is 0 Å². The van der Waals surface area contributed by atoms with E-state index in [4.69, 9.17) is 5.11 Å². The first-order valence-electron chi connectivity index (χ1n) is 6.48. The van der Waals surface area contributed by atoms with Gasteiger partial charge in [-0.15, -0.1) is 0 Å². The SMILES string of the molecule is CCN(C(=O)NCc1ccc(C(=O)O)cc1)C1CC1. The normalized spacial score (nSPS) is 13.9. The molecule has 19 heavy (non-hydrogen) atoms. The molecule has 0 heterocycles. The second-order valence-electron chi connectivity index (χ2n) is 4.68. The van der Waals surface area contributed by atoms with Gasteiger partial charge in [0, 0.05) is 19.1 Å². The van der Waals surface area contributed by atoms with Crippen molar-refractivity contribution in [2.24, 2.45) is 0 Å². The molecule has 0 aliphatic heterocycles. The summed E-state index contributed by atoms with van der Waals surface area (Å²) >= 11 is 0. The van der Waals surface area contributed by atoms with Gasteiger partial charge in [-0.25, -0.2) is 9.59 Å². The van der Waals surface area contributed by atoms with Gasteiger partial charge in [-0.1, -0.05) is 12.1 Å². The standard InChI is InChI=1S/C14H18N2O3/c1-2-16(12-7-8-12)14(19)15-9-10-3-5-11(6-4-10)13(17)18/h3-6,12H,2,7-9H2,1H3,(H,15,19)(H,17,18). The molecule has 1 saturated carbocycles. The highest BCUT2D eigenvalue weighted by atomic mass is 16.4. The van der Waals surface area contributed by atoms with Crippen LogP contribution < -0.4 is 5.32 Å². The average molecular weight is 262 g/mol. The van der Waals surface area contributed by atoms with Crippen molar-refractivity contribution in [2.75, 3.05) is 6.54 Å². The second-order valence-corrected chi connectivity index (χ2v) is 4.68. The number of hydrogen-bond donors (Lipinski definition) is 2. The van der Waals surface area contributed by atoms with Crippen molar-refractivity contribution < 1.29 is 14.7 Å². The molecule has 0 radical (unpaired) electrons. The van der Waals surface area contributed by atoms with Crippen LogP contribution in [0.25, 0.3) is 0 Å². The monoisotopic (exact) mass is 262 g/mol. The maximum Gasteiger partial charge on any atom is 0.335 e. The maximum absolute atomic E-state index is 11.9. The quantitative estimate of drug-likeness (QED) is 0.853. The summed E-state index contributed by atoms with van der Waals surface area (Å²) in [5.41, 5.74) is 1.15. The number of carbonyl (C=O) groups is 2. The Bertz CT molecular complexity index is 466. The summed E-state index contributed by atoms with van der Waals surface area (Å²) < 4.78 is 0. The van der Waals surface area contributed by atoms with Gasteiger partial charge >= 0.3 is 12.0 Å². The first-order valence-corrected chi connectivity index (χ1v) is 6.48. The molecule has 0 aromatic heterocycles. The molecular weight excluding hydrogens is 244 g/mol. The maximum atomic E-state index is 11.9. The van der Waals surface area contributed by atoms with E-state index in [2.05, 4.69) is 5.32 Å². The minimum atomic E-state index is -0.943. The molecule has 2 amide bonds. The fourth-order valence-corrected chi connectivity index (χ4v) is 2.00. The number of urea groups is 1. The van der Waals surface area contributed by atoms with Crippen molar-refractivity contribution in [3.8, 4) is 0 Å². The van der Waals surface area contributed by atoms with Gasteiger partial charge in [0.2, 0.25) is 0 Å². The summed E-state index contributed by atoms with van der Waals surface area (Å²) in [6.07, 6.45) is 2.18. The number of carboxylic acids is 1. The summed E-state index contributed by atoms with van der Waals surface area (Å²) in [6.45, 7) is 3.11. The number of carboxylic acid groups (broad SMARTS) is 1. The number of nitrogens with zero attached hydrogens (tertiary/aromatic N) is 1. The lowest BCUT2D eigenvalue weighted by Crippen LogP contribution is -2.40. The third-order valence-corrected chi connectivity index (χ3v) is 3.23. The van der Waals surface area contributed by atoms with E-state index in [0.29, 0.717) is 19.1 Å². The Labute approximate surface area is 112 Å². The molecule has 0 saturated heterocycles. The molecule has 1 aliphatic carbocycles. The zero-order valence-corrected chi connectivity index (χ0v) is 10.9. The second kappa shape index (κ2) is 5.73. The summed E-state index contributed by atoms with van der Waals surface area (Å²) in [5.74, 6) is -0.943. The van der Waals surface area contributed by atoms with Gasteiger partial charge in [0.1, 0.15) is 0 Å². The highest BCUT2D eigenvalue weighted by Crippen LogP contribution is 2.26. The zero-order valence-electron chi connectivity index (χ0n) is 10.9. The van der Waals surface area contributed by atoms with Crippen LogP contribution in [0.15, 0.2) is 24.3 Å². The Morgan fingerprint density at radius 1 is 1.32 bits per heavy atom. The van der Waals surface area contributed by atoms with Crippen LogP contribution in [0.1, 0.15) is 35.7 Å². The minimum absolute atomic E-state index is 0.0488. The number of benzene rings is 1. The predicted octanol–water partition coefficient (Wildman–Crippen LogP) is 2.08. The molecule has 1 aromatic carbocycles. The van der Waals surface area contributed by atoms with E-state index in [-0.39, 0.29) is 11.6 Å². The molecule has 0 atom stereocenters. The van der Waals surface area contributed by atoms with Crippen LogP contribution >= 0.6 is 0 Å². The van der Waals surface area contributed by atoms with Gasteiger partial charge < -0.3 is 15.3 Å². The fraction of sp³-hybridized carbons (Fsp3) is 0.429. The highest BCUT2D eigenvalue weighted by Gasteiger charge is 2.31. The van der Waals surface area contributed by atoms with Gasteiger partial charge in [0.15, 0.2) is 0 Å². The number of carbonyl (C=O) groups excluding carboxylic acids is 1. The van der Waals surface area contributed by atoms with Crippen molar-refractivity contribution in [1.82, 2.24) is 10.2 Å². The van der Waals surface area contributed by atoms with Gasteiger partial charge in [0.05, 0.1) is 5.56 Å². The Balaban J connectivity index is 1.87. The number of amides is 2. The number of hydrogen-bond acceptors (Lipinski definition) is 2. The van der Waals surface area contributed by atoms with Gasteiger partial charge in [0.25, 0.3) is 0 Å². The summed E-state index contributed by atoms with van der Waals surface area (Å²) in [7, 11) is 0. The summed E-state index contributed by atoms with van der Waals surface area (Å²) in [5, 5.41) is 11.6. The molecule has 2 N–H and O–H groups in total. The molecule has 2 rings (SSSR count). The van der Waals surface area contributed by atoms with Crippen molar-refractivity contribution in [3.05, 3.63) is 35.4 Å². The van der Waals surface area contributed by atoms with Gasteiger partial charge in [-0.05, 0) is 37.5 Å². The topological polar surface area (TPSA) is 69.6 Å². The van der Waals surface area contributed by atoms with Crippen LogP contribution in [-0.2, 0) is 6.54 Å². The third-order valence-electron chi connectivity index (χ3n) is 3.23. The van der Waals surface area contributed by atoms with Crippen LogP contribution in [0.5, 0.6) is 0 Å². The minimum Gasteiger partial charge on any atom is -0.478 e. The Kier molecular flexibility index (Phi) is 4.04. The zero-order chi connectivity index (χ0) is 13.8. The van der Waals surface area contributed by atoms with E-state index >= 15 is 0 Å². The number of nitrogens with one attached hydrogen (secondary N) is 1. The molecular formula is C14H18N2O3. The van der Waals surface area contributed by atoms with E-state index in [1.165, 1.54) is 0 Å². The Morgan fingerprint density at radius 2 is 1.95 bits per heavy atom. The summed E-state index contributed by atoms with van der Waals surface area (Å²) in [4.78, 5) is 24.5. The van der Waals surface area contributed by atoms with Crippen molar-refractivity contribution in [3.63, 3.8) is 0 Å². The van der Waals surface area contributed by atoms with Crippen LogP contribution in [0.2, 0.25) is 0 Å². The Hall–Kier alpha value is -2.04. The van der Waals surface area contributed by atoms with E-state index in [0.717, 1.165) is 18.4 Å². The van der Waals surface area contributed by atoms with Gasteiger partial charge in [-0.2, -0.15) is 0 Å². The molecule has 0 bridgehead atoms. The molecule has 5 nitrogen and oxygen atoms in total. The van der Waals surface area contributed by atoms with E-state index in [9.17, 15) is 9.59 Å². The van der Waals surface area contributed by atoms with Crippen molar-refractivity contribution in [1.29, 1.82) is 0 Å². The first-order chi connectivity index (χ1) is 9.11. The summed E-state index contributed by atoms with van der Waals surface area (Å²) in [6, 6.07) is 6.88. The van der Waals surface area contributed by atoms with Crippen LogP contribution in [-0.4, -0.2) is 34.6 Å². The highest BCUT2D eigenvalue weighted by molar-refractivity contribution is 5.87. The van der Waals surface area contributed by atoms with Gasteiger partial charge in [-0.3, -0.25) is 0 Å². The molecule has 1 fully saturated rings. The molecule has 1 aromatic rings. The molecule has 1 aliphatic rings. The molecule has 5 heteroatoms. The van der Waals surface area contributed by atoms with Crippen LogP contribution in [0.4, 0.5) is 4.79 Å². The largest absolute Gasteiger partial charge is 0.478 e. The lowest BCUT2D eigenvalue weighted by atomic mass is 10.1. The van der Waals surface area contributed by atoms with E-state index < -0.39 is 5.97 Å². The Morgan fingerprint density at radius 3 is 2.42 bits per heavy atom. The van der Waals surface area contributed by atoms with Crippen LogP contribution in [0.3, 0.4) is 0 Å². The van der Waals surface area contributed by atoms with E-state index in [1.54, 1.807) is 24.3 Å². The lowest BCUT2D eigenvalue weighted by Gasteiger charge is -2.20. The lowest BCUT2D eigenvalue weighted by molar-refractivity contribution is 0.0697. The predicted molar refractivity (Wildman–Crippen MR) is 71.0 cm³/mol. The van der Waals surface area contributed by atoms with Crippen molar-refractivity contribution in [2.45, 2.75) is 32.4 Å². The first kappa shape index (κ1) is 13.4. The van der Waals surface area contributed by atoms with Crippen molar-refractivity contribution >= 4 is 12.0 Å². The smallest absolute Gasteiger partial charge is 0.335 e. The number of aromatic carboxylic acids is 1. The molecule has 0 spiro atoms. The third kappa shape index (κ3) is 3.47. The fourth-order valence-electron chi connectivity index (χ4n) is 2.00. The molecule has 102 valence electrons.